The van der Waals surface area contributed by atoms with Gasteiger partial charge < -0.3 is 14.7 Å². The number of amides is 1. The number of hydrogen-bond donors (Lipinski definition) is 0. The summed E-state index contributed by atoms with van der Waals surface area (Å²) in [5, 5.41) is 11.8. The predicted octanol–water partition coefficient (Wildman–Crippen LogP) is 3.61. The van der Waals surface area contributed by atoms with Crippen LogP contribution in [-0.2, 0) is 11.3 Å². The van der Waals surface area contributed by atoms with Gasteiger partial charge >= 0.3 is 0 Å². The molecule has 0 atom stereocenters. The van der Waals surface area contributed by atoms with E-state index in [0.29, 0.717) is 18.8 Å². The highest BCUT2D eigenvalue weighted by Gasteiger charge is 2.31. The van der Waals surface area contributed by atoms with Crippen molar-refractivity contribution in [2.24, 2.45) is 5.41 Å². The average Bonchev–Trinajstić information content (AvgIpc) is 2.84. The summed E-state index contributed by atoms with van der Waals surface area (Å²) < 4.78 is 0. The van der Waals surface area contributed by atoms with Gasteiger partial charge in [0.05, 0.1) is 4.92 Å². The van der Waals surface area contributed by atoms with Crippen molar-refractivity contribution in [1.82, 2.24) is 9.80 Å². The maximum Gasteiger partial charge on any atom is 0.292 e. The number of benzene rings is 2. The van der Waals surface area contributed by atoms with Crippen molar-refractivity contribution in [1.29, 1.82) is 0 Å². The summed E-state index contributed by atoms with van der Waals surface area (Å²) in [6, 6.07) is 15.8. The van der Waals surface area contributed by atoms with Crippen molar-refractivity contribution in [3.8, 4) is 0 Å². The summed E-state index contributed by atoms with van der Waals surface area (Å²) in [6.45, 7) is 12.8. The number of anilines is 2. The first-order valence-corrected chi connectivity index (χ1v) is 12.1. The molecule has 0 saturated carbocycles. The molecule has 2 fully saturated rings. The van der Waals surface area contributed by atoms with Gasteiger partial charge in [-0.25, -0.2) is 0 Å². The molecule has 0 aliphatic carbocycles. The van der Waals surface area contributed by atoms with Crippen molar-refractivity contribution in [3.63, 3.8) is 0 Å². The molecule has 2 aliphatic rings. The van der Waals surface area contributed by atoms with Crippen LogP contribution in [0.3, 0.4) is 0 Å². The highest BCUT2D eigenvalue weighted by molar-refractivity contribution is 5.82. The molecule has 8 heteroatoms. The third-order valence-corrected chi connectivity index (χ3v) is 6.69. The minimum Gasteiger partial charge on any atom is -0.368 e. The van der Waals surface area contributed by atoms with E-state index in [1.54, 1.807) is 6.07 Å². The second-order valence-electron chi connectivity index (χ2n) is 10.2. The molecule has 0 aromatic heterocycles. The highest BCUT2D eigenvalue weighted by atomic mass is 16.6. The van der Waals surface area contributed by atoms with Crippen molar-refractivity contribution in [2.75, 3.05) is 62.2 Å². The van der Waals surface area contributed by atoms with Crippen LogP contribution >= 0.6 is 0 Å². The molecular weight excluding hydrogens is 430 g/mol. The SMILES string of the molecule is CC(C)(C)C(=O)N1CCN(c2ccc([N+](=O)[O-])c(N3CCN(Cc4ccccc4)CC3)c2)CC1. The van der Waals surface area contributed by atoms with Gasteiger partial charge in [-0.2, -0.15) is 0 Å². The first-order valence-electron chi connectivity index (χ1n) is 12.1. The number of nitro groups is 1. The van der Waals surface area contributed by atoms with Gasteiger partial charge in [0.2, 0.25) is 5.91 Å². The highest BCUT2D eigenvalue weighted by Crippen LogP contribution is 2.34. The van der Waals surface area contributed by atoms with Crippen LogP contribution in [-0.4, -0.2) is 73.0 Å². The Bertz CT molecular complexity index is 1000. The Balaban J connectivity index is 1.43. The molecule has 1 amide bonds. The molecule has 0 N–H and O–H groups in total. The fraction of sp³-hybridized carbons (Fsp3) is 0.500. The summed E-state index contributed by atoms with van der Waals surface area (Å²) in [5.41, 5.74) is 2.73. The van der Waals surface area contributed by atoms with Gasteiger partial charge in [0.1, 0.15) is 5.69 Å². The summed E-state index contributed by atoms with van der Waals surface area (Å²) in [4.78, 5) is 32.8. The molecule has 8 nitrogen and oxygen atoms in total. The number of rotatable bonds is 5. The van der Waals surface area contributed by atoms with E-state index in [9.17, 15) is 14.9 Å². The first-order chi connectivity index (χ1) is 16.2. The van der Waals surface area contributed by atoms with Gasteiger partial charge in [-0.1, -0.05) is 51.1 Å². The van der Waals surface area contributed by atoms with Crippen molar-refractivity contribution >= 4 is 23.0 Å². The van der Waals surface area contributed by atoms with E-state index < -0.39 is 0 Å². The summed E-state index contributed by atoms with van der Waals surface area (Å²) in [7, 11) is 0. The van der Waals surface area contributed by atoms with E-state index >= 15 is 0 Å². The Morgan fingerprint density at radius 2 is 1.50 bits per heavy atom. The summed E-state index contributed by atoms with van der Waals surface area (Å²) in [5.74, 6) is 0.171. The normalized spacial score (nSPS) is 17.7. The van der Waals surface area contributed by atoms with Crippen molar-refractivity contribution in [3.05, 3.63) is 64.2 Å². The average molecular weight is 466 g/mol. The van der Waals surface area contributed by atoms with Crippen molar-refractivity contribution < 1.29 is 9.72 Å². The molecule has 34 heavy (non-hydrogen) atoms. The van der Waals surface area contributed by atoms with E-state index in [1.807, 2.05) is 43.9 Å². The molecule has 2 aromatic carbocycles. The third kappa shape index (κ3) is 5.50. The molecule has 2 aliphatic heterocycles. The van der Waals surface area contributed by atoms with Crippen LogP contribution in [0.1, 0.15) is 26.3 Å². The number of hydrogen-bond acceptors (Lipinski definition) is 6. The lowest BCUT2D eigenvalue weighted by atomic mass is 9.94. The van der Waals surface area contributed by atoms with E-state index in [0.717, 1.165) is 51.5 Å². The minimum atomic E-state index is -0.384. The Labute approximate surface area is 201 Å². The van der Waals surface area contributed by atoms with Crippen LogP contribution in [0.5, 0.6) is 0 Å². The lowest BCUT2D eigenvalue weighted by molar-refractivity contribution is -0.384. The molecule has 0 unspecified atom stereocenters. The van der Waals surface area contributed by atoms with Gasteiger partial charge in [0.25, 0.3) is 5.69 Å². The van der Waals surface area contributed by atoms with E-state index in [4.69, 9.17) is 0 Å². The molecule has 182 valence electrons. The van der Waals surface area contributed by atoms with E-state index in [2.05, 4.69) is 39.0 Å². The quantitative estimate of drug-likeness (QED) is 0.496. The van der Waals surface area contributed by atoms with Crippen LogP contribution in [0.25, 0.3) is 0 Å². The Kier molecular flexibility index (Phi) is 7.07. The van der Waals surface area contributed by atoms with Crippen LogP contribution in [0.2, 0.25) is 0 Å². The topological polar surface area (TPSA) is 73.2 Å². The maximum absolute atomic E-state index is 12.6. The van der Waals surface area contributed by atoms with E-state index in [-0.39, 0.29) is 21.9 Å². The fourth-order valence-corrected chi connectivity index (χ4v) is 4.75. The Morgan fingerprint density at radius 1 is 0.882 bits per heavy atom. The molecule has 2 aromatic rings. The first kappa shape index (κ1) is 24.0. The molecule has 2 heterocycles. The maximum atomic E-state index is 12.6. The molecule has 0 spiro atoms. The van der Waals surface area contributed by atoms with E-state index in [1.165, 1.54) is 5.56 Å². The van der Waals surface area contributed by atoms with Gasteiger partial charge in [-0.15, -0.1) is 0 Å². The lowest BCUT2D eigenvalue weighted by Crippen LogP contribution is -2.51. The molecule has 0 radical (unpaired) electrons. The molecular formula is C26H35N5O3. The Hall–Kier alpha value is -3.13. The number of carbonyl (C=O) groups excluding carboxylic acids is 1. The number of piperazine rings is 2. The van der Waals surface area contributed by atoms with Crippen LogP contribution in [0, 0.1) is 15.5 Å². The zero-order valence-electron chi connectivity index (χ0n) is 20.4. The predicted molar refractivity (Wildman–Crippen MR) is 135 cm³/mol. The number of carbonyl (C=O) groups is 1. The summed E-state index contributed by atoms with van der Waals surface area (Å²) >= 11 is 0. The molecule has 2 saturated heterocycles. The van der Waals surface area contributed by atoms with Gasteiger partial charge in [-0.3, -0.25) is 19.8 Å². The third-order valence-electron chi connectivity index (χ3n) is 6.69. The second-order valence-corrected chi connectivity index (χ2v) is 10.2. The van der Waals surface area contributed by atoms with Crippen LogP contribution in [0.15, 0.2) is 48.5 Å². The number of nitrogens with zero attached hydrogens (tertiary/aromatic N) is 5. The lowest BCUT2D eigenvalue weighted by Gasteiger charge is -2.39. The Morgan fingerprint density at radius 3 is 2.09 bits per heavy atom. The molecule has 0 bridgehead atoms. The van der Waals surface area contributed by atoms with Crippen molar-refractivity contribution in [2.45, 2.75) is 27.3 Å². The zero-order valence-corrected chi connectivity index (χ0v) is 20.4. The smallest absolute Gasteiger partial charge is 0.292 e. The minimum absolute atomic E-state index is 0.154. The van der Waals surface area contributed by atoms with Crippen LogP contribution < -0.4 is 9.80 Å². The largest absolute Gasteiger partial charge is 0.368 e. The number of nitro benzene ring substituents is 1. The van der Waals surface area contributed by atoms with Gasteiger partial charge in [-0.05, 0) is 17.7 Å². The summed E-state index contributed by atoms with van der Waals surface area (Å²) in [6.07, 6.45) is 0. The monoisotopic (exact) mass is 465 g/mol. The standard InChI is InChI=1S/C26H35N5O3/c1-26(2,3)25(32)30-17-15-28(16-18-30)22-9-10-23(31(33)34)24(19-22)29-13-11-27(12-14-29)20-21-7-5-4-6-8-21/h4-10,19H,11-18,20H2,1-3H3. The zero-order chi connectivity index (χ0) is 24.3. The second kappa shape index (κ2) is 10.0. The van der Waals surface area contributed by atoms with Gasteiger partial charge in [0, 0.05) is 76.1 Å². The molecule has 4 rings (SSSR count). The van der Waals surface area contributed by atoms with Crippen LogP contribution in [0.4, 0.5) is 17.1 Å². The van der Waals surface area contributed by atoms with Gasteiger partial charge in [0.15, 0.2) is 0 Å². The fourth-order valence-electron chi connectivity index (χ4n) is 4.75.